The van der Waals surface area contributed by atoms with E-state index in [-0.39, 0.29) is 5.69 Å². The fraction of sp³-hybridized carbons (Fsp3) is 0.214. The van der Waals surface area contributed by atoms with Crippen LogP contribution in [0.25, 0.3) is 22.6 Å². The lowest BCUT2D eigenvalue weighted by Gasteiger charge is -2.02. The number of non-ortho nitro benzene ring substituents is 1. The first kappa shape index (κ1) is 15.1. The molecule has 0 aliphatic heterocycles. The number of benzene rings is 1. The predicted octanol–water partition coefficient (Wildman–Crippen LogP) is 2.94. The van der Waals surface area contributed by atoms with Crippen molar-refractivity contribution in [3.8, 4) is 22.6 Å². The van der Waals surface area contributed by atoms with Gasteiger partial charge in [0, 0.05) is 37.5 Å². The molecule has 2 heterocycles. The second kappa shape index (κ2) is 5.76. The van der Waals surface area contributed by atoms with E-state index in [4.69, 9.17) is 12.2 Å². The van der Waals surface area contributed by atoms with E-state index in [2.05, 4.69) is 15.3 Å². The van der Waals surface area contributed by atoms with Crippen molar-refractivity contribution < 1.29 is 4.92 Å². The van der Waals surface area contributed by atoms with Crippen LogP contribution in [0.3, 0.4) is 0 Å². The fourth-order valence-electron chi connectivity index (χ4n) is 2.31. The molecule has 0 aliphatic rings. The van der Waals surface area contributed by atoms with Crippen molar-refractivity contribution in [1.82, 2.24) is 24.5 Å². The molecule has 0 atom stereocenters. The van der Waals surface area contributed by atoms with Crippen LogP contribution < -0.4 is 0 Å². The van der Waals surface area contributed by atoms with E-state index < -0.39 is 4.92 Å². The number of nitro benzene ring substituents is 1. The highest BCUT2D eigenvalue weighted by molar-refractivity contribution is 7.71. The van der Waals surface area contributed by atoms with Crippen LogP contribution in [0.2, 0.25) is 0 Å². The molecule has 1 aromatic carbocycles. The summed E-state index contributed by atoms with van der Waals surface area (Å²) in [6, 6.07) is 6.40. The molecule has 3 rings (SSSR count). The van der Waals surface area contributed by atoms with Gasteiger partial charge in [0.15, 0.2) is 10.6 Å². The van der Waals surface area contributed by atoms with E-state index in [0.717, 1.165) is 5.56 Å². The third kappa shape index (κ3) is 2.66. The maximum atomic E-state index is 11.0. The maximum absolute atomic E-state index is 11.0. The third-order valence-electron chi connectivity index (χ3n) is 3.54. The summed E-state index contributed by atoms with van der Waals surface area (Å²) in [5.74, 6) is 0.635. The molecule has 1 N–H and O–H groups in total. The zero-order chi connectivity index (χ0) is 16.6. The lowest BCUT2D eigenvalue weighted by molar-refractivity contribution is -0.384. The number of hydrogen-bond acceptors (Lipinski definition) is 5. The summed E-state index contributed by atoms with van der Waals surface area (Å²) in [5.41, 5.74) is 2.08. The number of H-pyrrole nitrogens is 1. The van der Waals surface area contributed by atoms with Crippen molar-refractivity contribution in [3.63, 3.8) is 0 Å². The first-order valence-electron chi connectivity index (χ1n) is 6.95. The first-order valence-corrected chi connectivity index (χ1v) is 7.36. The van der Waals surface area contributed by atoms with E-state index in [9.17, 15) is 10.1 Å². The number of nitro groups is 1. The summed E-state index contributed by atoms with van der Waals surface area (Å²) in [6.07, 6.45) is 1.86. The van der Waals surface area contributed by atoms with Crippen LogP contribution >= 0.6 is 12.2 Å². The summed E-state index contributed by atoms with van der Waals surface area (Å²) >= 11 is 5.15. The zero-order valence-electron chi connectivity index (χ0n) is 12.6. The molecule has 0 saturated carbocycles. The van der Waals surface area contributed by atoms with E-state index in [1.165, 1.54) is 12.1 Å². The highest BCUT2D eigenvalue weighted by Gasteiger charge is 2.18. The number of aromatic amines is 1. The lowest BCUT2D eigenvalue weighted by atomic mass is 10.1. The molecule has 0 radical (unpaired) electrons. The Labute approximate surface area is 136 Å². The first-order chi connectivity index (χ1) is 11.0. The topological polar surface area (TPSA) is 94.6 Å². The number of nitrogens with zero attached hydrogens (tertiary/aromatic N) is 5. The molecule has 0 fully saturated rings. The molecule has 8 nitrogen and oxygen atoms in total. The van der Waals surface area contributed by atoms with Crippen molar-refractivity contribution in [1.29, 1.82) is 0 Å². The molecule has 0 unspecified atom stereocenters. The van der Waals surface area contributed by atoms with Crippen molar-refractivity contribution in [3.05, 3.63) is 45.3 Å². The molecular weight excluding hydrogens is 316 g/mol. The molecule has 118 valence electrons. The van der Waals surface area contributed by atoms with Crippen LogP contribution in [-0.2, 0) is 13.6 Å². The number of aromatic nitrogens is 5. The van der Waals surface area contributed by atoms with Gasteiger partial charge in [-0.1, -0.05) is 12.1 Å². The fourth-order valence-corrected chi connectivity index (χ4v) is 2.45. The Morgan fingerprint density at radius 1 is 1.43 bits per heavy atom. The minimum absolute atomic E-state index is 0.0230. The summed E-state index contributed by atoms with van der Waals surface area (Å²) < 4.78 is 4.00. The standard InChI is InChI=1S/C14H14N6O2S/c1-3-19-8-11(13-15-16-14(23)18(13)2)12(17-19)9-5-4-6-10(7-9)20(21)22/h4-8H,3H2,1-2H3,(H,16,23). The van der Waals surface area contributed by atoms with Gasteiger partial charge in [0.2, 0.25) is 0 Å². The van der Waals surface area contributed by atoms with Crippen LogP contribution in [0.4, 0.5) is 5.69 Å². The molecule has 9 heteroatoms. The Balaban J connectivity index is 2.22. The number of aryl methyl sites for hydroxylation is 1. The second-order valence-electron chi connectivity index (χ2n) is 4.97. The van der Waals surface area contributed by atoms with Gasteiger partial charge in [-0.3, -0.25) is 19.9 Å². The molecule has 0 saturated heterocycles. The van der Waals surface area contributed by atoms with Crippen LogP contribution in [0, 0.1) is 14.9 Å². The molecule has 0 bridgehead atoms. The third-order valence-corrected chi connectivity index (χ3v) is 3.90. The minimum Gasteiger partial charge on any atom is -0.303 e. The van der Waals surface area contributed by atoms with Crippen LogP contribution in [0.1, 0.15) is 6.92 Å². The lowest BCUT2D eigenvalue weighted by Crippen LogP contribution is -1.94. The molecule has 3 aromatic rings. The van der Waals surface area contributed by atoms with Gasteiger partial charge in [0.05, 0.1) is 10.5 Å². The van der Waals surface area contributed by atoms with Gasteiger partial charge >= 0.3 is 0 Å². The Hall–Kier alpha value is -2.81. The van der Waals surface area contributed by atoms with E-state index in [0.29, 0.717) is 28.4 Å². The Bertz CT molecular complexity index is 939. The van der Waals surface area contributed by atoms with Gasteiger partial charge < -0.3 is 4.57 Å². The van der Waals surface area contributed by atoms with E-state index in [1.54, 1.807) is 21.4 Å². The Morgan fingerprint density at radius 2 is 2.22 bits per heavy atom. The minimum atomic E-state index is -0.421. The van der Waals surface area contributed by atoms with Crippen molar-refractivity contribution in [2.45, 2.75) is 13.5 Å². The van der Waals surface area contributed by atoms with Gasteiger partial charge in [-0.15, -0.1) is 0 Å². The van der Waals surface area contributed by atoms with Gasteiger partial charge in [0.1, 0.15) is 5.69 Å². The van der Waals surface area contributed by atoms with Crippen molar-refractivity contribution in [2.24, 2.45) is 7.05 Å². The highest BCUT2D eigenvalue weighted by atomic mass is 32.1. The van der Waals surface area contributed by atoms with Gasteiger partial charge in [0.25, 0.3) is 5.69 Å². The van der Waals surface area contributed by atoms with Gasteiger partial charge in [-0.25, -0.2) is 0 Å². The largest absolute Gasteiger partial charge is 0.303 e. The summed E-state index contributed by atoms with van der Waals surface area (Å²) in [5, 5.41) is 22.5. The molecule has 2 aromatic heterocycles. The molecule has 23 heavy (non-hydrogen) atoms. The number of hydrogen-bond donors (Lipinski definition) is 1. The average Bonchev–Trinajstić information content (AvgIpc) is 3.12. The zero-order valence-corrected chi connectivity index (χ0v) is 13.4. The van der Waals surface area contributed by atoms with E-state index >= 15 is 0 Å². The normalized spacial score (nSPS) is 10.9. The number of nitrogens with one attached hydrogen (secondary N) is 1. The average molecular weight is 330 g/mol. The Kier molecular flexibility index (Phi) is 3.78. The quantitative estimate of drug-likeness (QED) is 0.451. The molecular formula is C14H14N6O2S. The molecule has 0 aliphatic carbocycles. The van der Waals surface area contributed by atoms with Gasteiger partial charge in [-0.2, -0.15) is 10.2 Å². The smallest absolute Gasteiger partial charge is 0.270 e. The number of rotatable bonds is 4. The SMILES string of the molecule is CCn1cc(-c2n[nH]c(=S)n2C)c(-c2cccc([N+](=O)[O-])c2)n1. The molecule has 0 spiro atoms. The van der Waals surface area contributed by atoms with E-state index in [1.807, 2.05) is 20.2 Å². The van der Waals surface area contributed by atoms with Crippen molar-refractivity contribution >= 4 is 17.9 Å². The van der Waals surface area contributed by atoms with Crippen LogP contribution in [-0.4, -0.2) is 29.5 Å². The molecule has 0 amide bonds. The maximum Gasteiger partial charge on any atom is 0.270 e. The summed E-state index contributed by atoms with van der Waals surface area (Å²) in [4.78, 5) is 10.6. The van der Waals surface area contributed by atoms with Gasteiger partial charge in [-0.05, 0) is 19.1 Å². The van der Waals surface area contributed by atoms with Crippen LogP contribution in [0.5, 0.6) is 0 Å². The van der Waals surface area contributed by atoms with Crippen molar-refractivity contribution in [2.75, 3.05) is 0 Å². The predicted molar refractivity (Wildman–Crippen MR) is 87.4 cm³/mol. The van der Waals surface area contributed by atoms with Crippen LogP contribution in [0.15, 0.2) is 30.5 Å². The summed E-state index contributed by atoms with van der Waals surface area (Å²) in [7, 11) is 1.81. The highest BCUT2D eigenvalue weighted by Crippen LogP contribution is 2.31. The summed E-state index contributed by atoms with van der Waals surface area (Å²) in [6.45, 7) is 2.65. The second-order valence-corrected chi connectivity index (χ2v) is 5.35. The Morgan fingerprint density at radius 3 is 2.83 bits per heavy atom. The monoisotopic (exact) mass is 330 g/mol.